The van der Waals surface area contributed by atoms with Gasteiger partial charge in [-0.2, -0.15) is 18.4 Å². The standard InChI is InChI=1S/C9H11F3N4O/c1-8(2,17)5-16-7(9(10,11)12)6(3-4-13)14-15-16/h17H,3,5H2,1-2H3. The van der Waals surface area contributed by atoms with Crippen molar-refractivity contribution >= 4 is 0 Å². The number of alkyl halides is 3. The first-order chi connectivity index (χ1) is 7.65. The molecule has 0 spiro atoms. The smallest absolute Gasteiger partial charge is 0.389 e. The van der Waals surface area contributed by atoms with E-state index in [1.54, 1.807) is 6.07 Å². The summed E-state index contributed by atoms with van der Waals surface area (Å²) < 4.78 is 38.8. The number of nitrogens with zero attached hydrogens (tertiary/aromatic N) is 4. The van der Waals surface area contributed by atoms with E-state index in [4.69, 9.17) is 5.26 Å². The molecular formula is C9H11F3N4O. The molecule has 0 bridgehead atoms. The Kier molecular flexibility index (Phi) is 3.43. The third kappa shape index (κ3) is 3.42. The van der Waals surface area contributed by atoms with Gasteiger partial charge in [-0.15, -0.1) is 5.10 Å². The van der Waals surface area contributed by atoms with E-state index in [9.17, 15) is 18.3 Å². The Hall–Kier alpha value is -1.62. The molecule has 0 saturated heterocycles. The molecule has 5 nitrogen and oxygen atoms in total. The lowest BCUT2D eigenvalue weighted by molar-refractivity contribution is -0.145. The van der Waals surface area contributed by atoms with Crippen molar-refractivity contribution in [1.82, 2.24) is 15.0 Å². The van der Waals surface area contributed by atoms with Gasteiger partial charge in [0, 0.05) is 0 Å². The SMILES string of the molecule is CC(C)(O)Cn1nnc(CC#N)c1C(F)(F)F. The highest BCUT2D eigenvalue weighted by Crippen LogP contribution is 2.31. The average Bonchev–Trinajstić information content (AvgIpc) is 2.44. The van der Waals surface area contributed by atoms with Crippen molar-refractivity contribution in [2.75, 3.05) is 0 Å². The normalized spacial score (nSPS) is 12.5. The van der Waals surface area contributed by atoms with Crippen molar-refractivity contribution < 1.29 is 18.3 Å². The molecule has 8 heteroatoms. The van der Waals surface area contributed by atoms with Gasteiger partial charge in [-0.25, -0.2) is 4.68 Å². The minimum absolute atomic E-state index is 0.347. The van der Waals surface area contributed by atoms with Crippen LogP contribution in [0.3, 0.4) is 0 Å². The van der Waals surface area contributed by atoms with Crippen LogP contribution < -0.4 is 0 Å². The van der Waals surface area contributed by atoms with Crippen LogP contribution in [0, 0.1) is 11.3 Å². The number of aromatic nitrogens is 3. The minimum Gasteiger partial charge on any atom is -0.389 e. The van der Waals surface area contributed by atoms with Crippen molar-refractivity contribution in [3.63, 3.8) is 0 Å². The molecule has 1 heterocycles. The zero-order valence-electron chi connectivity index (χ0n) is 9.28. The zero-order chi connectivity index (χ0) is 13.3. The molecule has 17 heavy (non-hydrogen) atoms. The molecule has 1 rings (SSSR count). The fourth-order valence-electron chi connectivity index (χ4n) is 1.33. The molecule has 0 saturated carbocycles. The van der Waals surface area contributed by atoms with Gasteiger partial charge in [0.1, 0.15) is 5.69 Å². The third-order valence-electron chi connectivity index (χ3n) is 1.86. The number of halogens is 3. The van der Waals surface area contributed by atoms with Crippen molar-refractivity contribution in [2.45, 2.75) is 38.6 Å². The summed E-state index contributed by atoms with van der Waals surface area (Å²) in [5, 5.41) is 24.5. The van der Waals surface area contributed by atoms with Crippen LogP contribution in [0.2, 0.25) is 0 Å². The number of nitriles is 1. The lowest BCUT2D eigenvalue weighted by atomic mass is 10.1. The maximum absolute atomic E-state index is 12.7. The average molecular weight is 248 g/mol. The highest BCUT2D eigenvalue weighted by molar-refractivity contribution is 5.17. The summed E-state index contributed by atoms with van der Waals surface area (Å²) in [4.78, 5) is 0. The summed E-state index contributed by atoms with van der Waals surface area (Å²) in [5.74, 6) is 0. The largest absolute Gasteiger partial charge is 0.434 e. The monoisotopic (exact) mass is 248 g/mol. The first kappa shape index (κ1) is 13.4. The van der Waals surface area contributed by atoms with Crippen LogP contribution in [0.4, 0.5) is 13.2 Å². The van der Waals surface area contributed by atoms with E-state index >= 15 is 0 Å². The molecule has 1 aromatic heterocycles. The Morgan fingerprint density at radius 3 is 2.41 bits per heavy atom. The van der Waals surface area contributed by atoms with E-state index in [0.29, 0.717) is 4.68 Å². The Labute approximate surface area is 95.5 Å². The molecule has 1 N–H and O–H groups in total. The van der Waals surface area contributed by atoms with Gasteiger partial charge in [-0.3, -0.25) is 0 Å². The second-order valence-corrected chi connectivity index (χ2v) is 4.19. The van der Waals surface area contributed by atoms with Gasteiger partial charge in [0.25, 0.3) is 0 Å². The van der Waals surface area contributed by atoms with Crippen LogP contribution >= 0.6 is 0 Å². The van der Waals surface area contributed by atoms with Gasteiger partial charge in [-0.05, 0) is 13.8 Å². The Morgan fingerprint density at radius 1 is 1.41 bits per heavy atom. The topological polar surface area (TPSA) is 74.7 Å². The van der Waals surface area contributed by atoms with Crippen molar-refractivity contribution in [1.29, 1.82) is 5.26 Å². The third-order valence-corrected chi connectivity index (χ3v) is 1.86. The maximum Gasteiger partial charge on any atom is 0.434 e. The number of hydrogen-bond donors (Lipinski definition) is 1. The molecule has 0 aliphatic heterocycles. The van der Waals surface area contributed by atoms with Crippen LogP contribution in [0.1, 0.15) is 25.2 Å². The number of aliphatic hydroxyl groups is 1. The number of rotatable bonds is 3. The maximum atomic E-state index is 12.7. The van der Waals surface area contributed by atoms with E-state index < -0.39 is 29.6 Å². The van der Waals surface area contributed by atoms with Gasteiger partial charge in [0.2, 0.25) is 0 Å². The molecule has 0 aliphatic carbocycles. The Bertz CT molecular complexity index is 439. The van der Waals surface area contributed by atoms with Crippen LogP contribution in [0.15, 0.2) is 0 Å². The summed E-state index contributed by atoms with van der Waals surface area (Å²) in [6, 6.07) is 1.59. The molecule has 0 amide bonds. The van der Waals surface area contributed by atoms with E-state index in [0.717, 1.165) is 0 Å². The molecule has 1 aromatic rings. The van der Waals surface area contributed by atoms with E-state index in [1.165, 1.54) is 13.8 Å². The van der Waals surface area contributed by atoms with Crippen molar-refractivity contribution in [2.24, 2.45) is 0 Å². The molecule has 0 unspecified atom stereocenters. The summed E-state index contributed by atoms with van der Waals surface area (Å²) in [7, 11) is 0. The van der Waals surface area contributed by atoms with Crippen LogP contribution in [0.5, 0.6) is 0 Å². The predicted molar refractivity (Wildman–Crippen MR) is 50.6 cm³/mol. The summed E-state index contributed by atoms with van der Waals surface area (Å²) in [6.07, 6.45) is -5.12. The van der Waals surface area contributed by atoms with Gasteiger partial charge in [-0.1, -0.05) is 5.21 Å². The van der Waals surface area contributed by atoms with E-state index in [-0.39, 0.29) is 6.54 Å². The second kappa shape index (κ2) is 4.33. The van der Waals surface area contributed by atoms with Crippen LogP contribution in [-0.4, -0.2) is 25.7 Å². The van der Waals surface area contributed by atoms with Crippen LogP contribution in [0.25, 0.3) is 0 Å². The van der Waals surface area contributed by atoms with Gasteiger partial charge < -0.3 is 5.11 Å². The quantitative estimate of drug-likeness (QED) is 0.870. The molecule has 0 aromatic carbocycles. The lowest BCUT2D eigenvalue weighted by Crippen LogP contribution is -2.29. The van der Waals surface area contributed by atoms with Gasteiger partial charge in [0.05, 0.1) is 24.6 Å². The minimum atomic E-state index is -4.65. The fraction of sp³-hybridized carbons (Fsp3) is 0.667. The first-order valence-electron chi connectivity index (χ1n) is 4.74. The highest BCUT2D eigenvalue weighted by atomic mass is 19.4. The summed E-state index contributed by atoms with van der Waals surface area (Å²) in [6.45, 7) is 2.37. The molecule has 0 radical (unpaired) electrons. The molecule has 0 fully saturated rings. The van der Waals surface area contributed by atoms with Gasteiger partial charge >= 0.3 is 6.18 Å². The highest BCUT2D eigenvalue weighted by Gasteiger charge is 2.40. The van der Waals surface area contributed by atoms with Crippen molar-refractivity contribution in [3.05, 3.63) is 11.4 Å². The molecular weight excluding hydrogens is 237 g/mol. The molecule has 0 aliphatic rings. The second-order valence-electron chi connectivity index (χ2n) is 4.19. The van der Waals surface area contributed by atoms with Crippen LogP contribution in [-0.2, 0) is 19.1 Å². The first-order valence-corrected chi connectivity index (χ1v) is 4.74. The summed E-state index contributed by atoms with van der Waals surface area (Å²) >= 11 is 0. The number of hydrogen-bond acceptors (Lipinski definition) is 4. The Morgan fingerprint density at radius 2 is 2.00 bits per heavy atom. The molecule has 94 valence electrons. The molecule has 0 atom stereocenters. The van der Waals surface area contributed by atoms with E-state index in [2.05, 4.69) is 10.3 Å². The van der Waals surface area contributed by atoms with Gasteiger partial charge in [0.15, 0.2) is 5.69 Å². The summed E-state index contributed by atoms with van der Waals surface area (Å²) in [5.41, 5.74) is -2.86. The predicted octanol–water partition coefficient (Wildman–Crippen LogP) is 1.13. The van der Waals surface area contributed by atoms with Crippen molar-refractivity contribution in [3.8, 4) is 6.07 Å². The van der Waals surface area contributed by atoms with E-state index in [1.807, 2.05) is 0 Å². The zero-order valence-corrected chi connectivity index (χ0v) is 9.28. The fourth-order valence-corrected chi connectivity index (χ4v) is 1.33. The lowest BCUT2D eigenvalue weighted by Gasteiger charge is -2.19. The Balaban J connectivity index is 3.20.